The van der Waals surface area contributed by atoms with Gasteiger partial charge in [0.15, 0.2) is 0 Å². The summed E-state index contributed by atoms with van der Waals surface area (Å²) in [5.41, 5.74) is 15.2. The Balaban J connectivity index is 0.968. The average molecular weight is 768 g/mol. The minimum absolute atomic E-state index is 0.343. The molecule has 278 valence electrons. The molecule has 12 aromatic rings. The van der Waals surface area contributed by atoms with E-state index in [4.69, 9.17) is 18.2 Å². The SMILES string of the molecule is c1ccc2c(c1)OB1c3ccc(-c4cccc5oc6ccc7c8ccccc8oc7c6c45)cc3Oc3cc(-c4ccccc4-n4c5ccccc5c5ccccc54)cc-2c31. The van der Waals surface area contributed by atoms with Gasteiger partial charge >= 0.3 is 6.92 Å². The van der Waals surface area contributed by atoms with Crippen LogP contribution in [0.25, 0.3) is 105 Å². The Morgan fingerprint density at radius 3 is 1.95 bits per heavy atom. The third-order valence-corrected chi connectivity index (χ3v) is 12.7. The molecule has 60 heavy (non-hydrogen) atoms. The minimum atomic E-state index is -0.343. The monoisotopic (exact) mass is 767 g/mol. The topological polar surface area (TPSA) is 49.7 Å². The molecule has 5 nitrogen and oxygen atoms in total. The van der Waals surface area contributed by atoms with E-state index >= 15 is 0 Å². The summed E-state index contributed by atoms with van der Waals surface area (Å²) in [6, 6.07) is 64.0. The van der Waals surface area contributed by atoms with Crippen LogP contribution >= 0.6 is 0 Å². The largest absolute Gasteiger partial charge is 0.551 e. The van der Waals surface area contributed by atoms with Crippen molar-refractivity contribution < 1.29 is 18.2 Å². The van der Waals surface area contributed by atoms with E-state index in [2.05, 4.69) is 162 Å². The van der Waals surface area contributed by atoms with E-state index in [-0.39, 0.29) is 6.92 Å². The van der Waals surface area contributed by atoms with Gasteiger partial charge in [0.05, 0.1) is 22.1 Å². The van der Waals surface area contributed by atoms with E-state index in [0.717, 1.165) is 111 Å². The highest BCUT2D eigenvalue weighted by Crippen LogP contribution is 2.46. The Hall–Kier alpha value is -7.96. The summed E-state index contributed by atoms with van der Waals surface area (Å²) in [6.07, 6.45) is 0. The van der Waals surface area contributed by atoms with Crippen LogP contribution < -0.4 is 20.3 Å². The van der Waals surface area contributed by atoms with E-state index in [1.54, 1.807) is 0 Å². The van der Waals surface area contributed by atoms with Gasteiger partial charge in [0.1, 0.15) is 39.6 Å². The maximum atomic E-state index is 7.10. The average Bonchev–Trinajstić information content (AvgIpc) is 3.98. The predicted octanol–water partition coefficient (Wildman–Crippen LogP) is 13.2. The molecule has 3 aromatic heterocycles. The number of rotatable bonds is 3. The lowest BCUT2D eigenvalue weighted by molar-refractivity contribution is 0.480. The predicted molar refractivity (Wildman–Crippen MR) is 244 cm³/mol. The number of ether oxygens (including phenoxy) is 1. The molecule has 0 unspecified atom stereocenters. The minimum Gasteiger partial charge on any atom is -0.551 e. The molecule has 2 aliphatic rings. The molecule has 0 amide bonds. The molecule has 2 aliphatic heterocycles. The lowest BCUT2D eigenvalue weighted by Gasteiger charge is -2.33. The van der Waals surface area contributed by atoms with Gasteiger partial charge in [-0.25, -0.2) is 0 Å². The zero-order valence-electron chi connectivity index (χ0n) is 32.0. The Morgan fingerprint density at radius 2 is 1.08 bits per heavy atom. The van der Waals surface area contributed by atoms with Gasteiger partial charge in [-0.2, -0.15) is 0 Å². The smallest absolute Gasteiger partial charge is 0.434 e. The summed E-state index contributed by atoms with van der Waals surface area (Å²) in [7, 11) is 0. The number of benzene rings is 9. The van der Waals surface area contributed by atoms with Gasteiger partial charge in [0.25, 0.3) is 0 Å². The maximum absolute atomic E-state index is 7.10. The first kappa shape index (κ1) is 32.1. The Kier molecular flexibility index (Phi) is 6.31. The highest BCUT2D eigenvalue weighted by Gasteiger charge is 2.41. The van der Waals surface area contributed by atoms with Crippen molar-refractivity contribution in [2.45, 2.75) is 0 Å². The highest BCUT2D eigenvalue weighted by atomic mass is 16.5. The summed E-state index contributed by atoms with van der Waals surface area (Å²) in [6.45, 7) is -0.343. The van der Waals surface area contributed by atoms with Crippen LogP contribution in [0.15, 0.2) is 191 Å². The number of hydrogen-bond acceptors (Lipinski definition) is 4. The Morgan fingerprint density at radius 1 is 0.400 bits per heavy atom. The fraction of sp³-hybridized carbons (Fsp3) is 0. The van der Waals surface area contributed by atoms with E-state index in [0.29, 0.717) is 0 Å². The number of hydrogen-bond donors (Lipinski definition) is 0. The molecule has 0 fully saturated rings. The van der Waals surface area contributed by atoms with Crippen molar-refractivity contribution in [3.05, 3.63) is 182 Å². The lowest BCUT2D eigenvalue weighted by Crippen LogP contribution is -2.53. The zero-order valence-corrected chi connectivity index (χ0v) is 32.0. The fourth-order valence-electron chi connectivity index (χ4n) is 10.1. The molecule has 0 radical (unpaired) electrons. The first-order valence-electron chi connectivity index (χ1n) is 20.3. The normalized spacial score (nSPS) is 12.9. The molecule has 0 spiro atoms. The quantitative estimate of drug-likeness (QED) is 0.168. The van der Waals surface area contributed by atoms with Gasteiger partial charge < -0.3 is 22.8 Å². The summed E-state index contributed by atoms with van der Waals surface area (Å²) in [5, 5.41) is 6.61. The fourth-order valence-corrected chi connectivity index (χ4v) is 10.1. The molecule has 0 N–H and O–H groups in total. The number of fused-ring (bicyclic) bond motifs is 14. The Bertz CT molecular complexity index is 3760. The number of aromatic nitrogens is 1. The van der Waals surface area contributed by atoms with Gasteiger partial charge in [-0.15, -0.1) is 0 Å². The van der Waals surface area contributed by atoms with Gasteiger partial charge in [-0.3, -0.25) is 0 Å². The van der Waals surface area contributed by atoms with E-state index in [1.165, 1.54) is 21.8 Å². The van der Waals surface area contributed by atoms with Crippen LogP contribution in [0.5, 0.6) is 17.2 Å². The van der Waals surface area contributed by atoms with Crippen molar-refractivity contribution in [2.75, 3.05) is 0 Å². The molecule has 0 aliphatic carbocycles. The summed E-state index contributed by atoms with van der Waals surface area (Å²) >= 11 is 0. The van der Waals surface area contributed by atoms with Crippen LogP contribution in [0.2, 0.25) is 0 Å². The second kappa shape index (κ2) is 11.8. The summed E-state index contributed by atoms with van der Waals surface area (Å²) < 4.78 is 29.4. The number of nitrogens with zero attached hydrogens (tertiary/aromatic N) is 1. The van der Waals surface area contributed by atoms with Gasteiger partial charge in [0.2, 0.25) is 0 Å². The van der Waals surface area contributed by atoms with Crippen LogP contribution in [0.3, 0.4) is 0 Å². The highest BCUT2D eigenvalue weighted by molar-refractivity contribution is 6.84. The molecular weight excluding hydrogens is 737 g/mol. The van der Waals surface area contributed by atoms with E-state index in [9.17, 15) is 0 Å². The zero-order chi connectivity index (χ0) is 39.1. The van der Waals surface area contributed by atoms with Crippen LogP contribution in [0, 0.1) is 0 Å². The van der Waals surface area contributed by atoms with Gasteiger partial charge in [0, 0.05) is 49.0 Å². The number of furan rings is 2. The Labute approximate surface area is 343 Å². The van der Waals surface area contributed by atoms with E-state index in [1.807, 2.05) is 24.3 Å². The third-order valence-electron chi connectivity index (χ3n) is 12.7. The second-order valence-corrected chi connectivity index (χ2v) is 15.9. The van der Waals surface area contributed by atoms with Crippen molar-refractivity contribution in [1.82, 2.24) is 4.57 Å². The van der Waals surface area contributed by atoms with Crippen molar-refractivity contribution in [3.63, 3.8) is 0 Å². The molecule has 0 saturated heterocycles. The molecular formula is C54H30BNO4. The van der Waals surface area contributed by atoms with Crippen LogP contribution in [0.1, 0.15) is 0 Å². The van der Waals surface area contributed by atoms with Crippen molar-refractivity contribution in [3.8, 4) is 56.3 Å². The molecule has 0 saturated carbocycles. The molecule has 0 atom stereocenters. The standard InChI is InChI=1S/C54H30BNO4/c1-6-18-42(56-43-19-7-2-13-35(43)36-14-3-8-20-44(36)56)33(12-1)32-28-40-38-16-5-10-22-46(38)60-55-41-26-24-31(29-49(41)58-50(30-32)53(40)55)34-17-11-23-47-51(34)52-48(57-47)27-25-39-37-15-4-9-21-45(37)59-54(39)52/h1-30H. The maximum Gasteiger partial charge on any atom is 0.434 e. The third kappa shape index (κ3) is 4.31. The lowest BCUT2D eigenvalue weighted by atomic mass is 9.50. The number of para-hydroxylation sites is 5. The molecule has 6 heteroatoms. The van der Waals surface area contributed by atoms with Crippen molar-refractivity contribution in [1.29, 1.82) is 0 Å². The van der Waals surface area contributed by atoms with Crippen molar-refractivity contribution >= 4 is 83.5 Å². The molecule has 5 heterocycles. The summed E-state index contributed by atoms with van der Waals surface area (Å²) in [4.78, 5) is 0. The molecule has 0 bridgehead atoms. The van der Waals surface area contributed by atoms with Gasteiger partial charge in [-0.05, 0) is 89.0 Å². The van der Waals surface area contributed by atoms with Crippen LogP contribution in [-0.4, -0.2) is 11.5 Å². The first-order chi connectivity index (χ1) is 29.7. The second-order valence-electron chi connectivity index (χ2n) is 15.9. The molecule has 14 rings (SSSR count). The first-order valence-corrected chi connectivity index (χ1v) is 20.3. The summed E-state index contributed by atoms with van der Waals surface area (Å²) in [5.74, 6) is 2.41. The van der Waals surface area contributed by atoms with Gasteiger partial charge in [-0.1, -0.05) is 115 Å². The van der Waals surface area contributed by atoms with Crippen LogP contribution in [0.4, 0.5) is 0 Å². The van der Waals surface area contributed by atoms with E-state index < -0.39 is 0 Å². The van der Waals surface area contributed by atoms with Crippen molar-refractivity contribution in [2.24, 2.45) is 0 Å². The van der Waals surface area contributed by atoms with Crippen LogP contribution in [-0.2, 0) is 0 Å². The molecule has 9 aromatic carbocycles.